The predicted octanol–water partition coefficient (Wildman–Crippen LogP) is 6.60. The zero-order chi connectivity index (χ0) is 19.2. The van der Waals surface area contributed by atoms with Crippen molar-refractivity contribution >= 4 is 5.57 Å². The van der Waals surface area contributed by atoms with Crippen molar-refractivity contribution in [1.82, 2.24) is 0 Å². The summed E-state index contributed by atoms with van der Waals surface area (Å²) in [4.78, 5) is 0. The summed E-state index contributed by atoms with van der Waals surface area (Å²) in [6, 6.07) is 29.0. The van der Waals surface area contributed by atoms with Crippen LogP contribution in [0.25, 0.3) is 5.57 Å². The van der Waals surface area contributed by atoms with Crippen molar-refractivity contribution in [3.05, 3.63) is 108 Å². The molecule has 1 atom stereocenters. The third-order valence-corrected chi connectivity index (χ3v) is 5.01. The third-order valence-electron chi connectivity index (χ3n) is 5.01. The minimum atomic E-state index is -0.783. The van der Waals surface area contributed by atoms with Gasteiger partial charge in [0.1, 0.15) is 5.75 Å². The van der Waals surface area contributed by atoms with E-state index in [1.807, 2.05) is 36.4 Å². The van der Waals surface area contributed by atoms with E-state index in [0.717, 1.165) is 41.7 Å². The van der Waals surface area contributed by atoms with Crippen LogP contribution in [0.15, 0.2) is 91.0 Å². The quantitative estimate of drug-likeness (QED) is 0.374. The molecule has 0 fully saturated rings. The van der Waals surface area contributed by atoms with Gasteiger partial charge in [-0.25, -0.2) is 0 Å². The summed E-state index contributed by atoms with van der Waals surface area (Å²) < 4.78 is 6.59. The summed E-state index contributed by atoms with van der Waals surface area (Å²) in [5, 5.41) is 0. The SMILES string of the molecule is CCCCC#CC1(c2ccccc2)C=C(c2ccccc2)c2ccccc2O1. The first-order valence-electron chi connectivity index (χ1n) is 9.94. The van der Waals surface area contributed by atoms with Crippen LogP contribution in [0.3, 0.4) is 0 Å². The van der Waals surface area contributed by atoms with Gasteiger partial charge in [0, 0.05) is 17.5 Å². The maximum Gasteiger partial charge on any atom is 0.214 e. The molecule has 0 saturated heterocycles. The maximum atomic E-state index is 6.59. The second-order valence-electron chi connectivity index (χ2n) is 7.03. The van der Waals surface area contributed by atoms with Crippen LogP contribution in [0.5, 0.6) is 5.75 Å². The third kappa shape index (κ3) is 3.59. The number of unbranched alkanes of at least 4 members (excludes halogenated alkanes) is 2. The van der Waals surface area contributed by atoms with E-state index in [-0.39, 0.29) is 0 Å². The monoisotopic (exact) mass is 364 g/mol. The molecular weight excluding hydrogens is 340 g/mol. The lowest BCUT2D eigenvalue weighted by atomic mass is 9.84. The molecule has 1 nitrogen and oxygen atoms in total. The number of para-hydroxylation sites is 1. The molecule has 3 aromatic carbocycles. The Morgan fingerprint density at radius 2 is 1.50 bits per heavy atom. The Hall–Kier alpha value is -3.24. The molecule has 1 unspecified atom stereocenters. The number of hydrogen-bond acceptors (Lipinski definition) is 1. The normalized spacial score (nSPS) is 17.5. The molecule has 3 aromatic rings. The van der Waals surface area contributed by atoms with Gasteiger partial charge in [0.05, 0.1) is 0 Å². The van der Waals surface area contributed by atoms with E-state index in [1.54, 1.807) is 0 Å². The van der Waals surface area contributed by atoms with Crippen molar-refractivity contribution in [2.24, 2.45) is 0 Å². The Labute approximate surface area is 167 Å². The number of ether oxygens (including phenoxy) is 1. The molecule has 138 valence electrons. The number of fused-ring (bicyclic) bond motifs is 1. The molecule has 0 saturated carbocycles. The van der Waals surface area contributed by atoms with E-state index in [4.69, 9.17) is 4.74 Å². The van der Waals surface area contributed by atoms with E-state index in [2.05, 4.69) is 73.4 Å². The average Bonchev–Trinajstić information content (AvgIpc) is 2.77. The molecular formula is C27H24O. The lowest BCUT2D eigenvalue weighted by Crippen LogP contribution is -2.32. The van der Waals surface area contributed by atoms with Crippen molar-refractivity contribution in [2.75, 3.05) is 0 Å². The lowest BCUT2D eigenvalue weighted by Gasteiger charge is -2.34. The molecule has 0 bridgehead atoms. The highest BCUT2D eigenvalue weighted by Crippen LogP contribution is 2.43. The molecule has 0 aromatic heterocycles. The molecule has 1 aliphatic heterocycles. The van der Waals surface area contributed by atoms with Crippen molar-refractivity contribution in [3.8, 4) is 17.6 Å². The van der Waals surface area contributed by atoms with Crippen molar-refractivity contribution < 1.29 is 4.74 Å². The van der Waals surface area contributed by atoms with Gasteiger partial charge in [0.25, 0.3) is 0 Å². The van der Waals surface area contributed by atoms with Gasteiger partial charge in [-0.05, 0) is 35.6 Å². The van der Waals surface area contributed by atoms with Crippen molar-refractivity contribution in [1.29, 1.82) is 0 Å². The summed E-state index contributed by atoms with van der Waals surface area (Å²) in [5.74, 6) is 7.73. The Bertz CT molecular complexity index is 1020. The first kappa shape index (κ1) is 18.1. The summed E-state index contributed by atoms with van der Waals surface area (Å²) in [5.41, 5.74) is 3.72. The molecule has 0 amide bonds. The fourth-order valence-corrected chi connectivity index (χ4v) is 3.54. The average molecular weight is 364 g/mol. The van der Waals surface area contributed by atoms with E-state index < -0.39 is 5.60 Å². The second-order valence-corrected chi connectivity index (χ2v) is 7.03. The number of hydrogen-bond donors (Lipinski definition) is 0. The summed E-state index contributed by atoms with van der Waals surface area (Å²) in [7, 11) is 0. The molecule has 0 spiro atoms. The minimum absolute atomic E-state index is 0.783. The Morgan fingerprint density at radius 1 is 0.821 bits per heavy atom. The van der Waals surface area contributed by atoms with Crippen LogP contribution >= 0.6 is 0 Å². The Kier molecular flexibility index (Phi) is 5.31. The first-order valence-corrected chi connectivity index (χ1v) is 9.94. The second kappa shape index (κ2) is 8.19. The molecule has 0 N–H and O–H groups in total. The number of benzene rings is 3. The van der Waals surface area contributed by atoms with E-state index >= 15 is 0 Å². The van der Waals surface area contributed by atoms with Gasteiger partial charge in [0.2, 0.25) is 5.60 Å². The predicted molar refractivity (Wildman–Crippen MR) is 116 cm³/mol. The van der Waals surface area contributed by atoms with Crippen LogP contribution in [0.4, 0.5) is 0 Å². The largest absolute Gasteiger partial charge is 0.466 e. The fraction of sp³-hybridized carbons (Fsp3) is 0.185. The van der Waals surface area contributed by atoms with Crippen LogP contribution in [0.2, 0.25) is 0 Å². The van der Waals surface area contributed by atoms with Crippen LogP contribution in [0.1, 0.15) is 42.9 Å². The highest BCUT2D eigenvalue weighted by atomic mass is 16.5. The molecule has 0 aliphatic carbocycles. The zero-order valence-electron chi connectivity index (χ0n) is 16.2. The van der Waals surface area contributed by atoms with Gasteiger partial charge in [-0.1, -0.05) is 98.1 Å². The van der Waals surface area contributed by atoms with Gasteiger partial charge in [-0.3, -0.25) is 0 Å². The molecule has 4 rings (SSSR count). The Morgan fingerprint density at radius 3 is 2.25 bits per heavy atom. The lowest BCUT2D eigenvalue weighted by molar-refractivity contribution is 0.179. The molecule has 1 heterocycles. The van der Waals surface area contributed by atoms with E-state index in [1.165, 1.54) is 5.56 Å². The first-order chi connectivity index (χ1) is 13.8. The topological polar surface area (TPSA) is 9.23 Å². The van der Waals surface area contributed by atoms with E-state index in [9.17, 15) is 0 Å². The van der Waals surface area contributed by atoms with Gasteiger partial charge in [-0.2, -0.15) is 0 Å². The van der Waals surface area contributed by atoms with E-state index in [0.29, 0.717) is 0 Å². The van der Waals surface area contributed by atoms with Crippen molar-refractivity contribution in [3.63, 3.8) is 0 Å². The highest BCUT2D eigenvalue weighted by Gasteiger charge is 2.36. The molecule has 1 heteroatoms. The number of rotatable bonds is 4. The zero-order valence-corrected chi connectivity index (χ0v) is 16.2. The van der Waals surface area contributed by atoms with Crippen LogP contribution in [0, 0.1) is 11.8 Å². The van der Waals surface area contributed by atoms with Crippen molar-refractivity contribution in [2.45, 2.75) is 31.8 Å². The molecule has 28 heavy (non-hydrogen) atoms. The summed E-state index contributed by atoms with van der Waals surface area (Å²) in [6.45, 7) is 2.19. The summed E-state index contributed by atoms with van der Waals surface area (Å²) in [6.07, 6.45) is 5.31. The molecule has 1 aliphatic rings. The van der Waals surface area contributed by atoms with Gasteiger partial charge in [0.15, 0.2) is 0 Å². The van der Waals surface area contributed by atoms with Gasteiger partial charge in [-0.15, -0.1) is 0 Å². The van der Waals surface area contributed by atoms with Crippen LogP contribution in [-0.2, 0) is 5.60 Å². The smallest absolute Gasteiger partial charge is 0.214 e. The highest BCUT2D eigenvalue weighted by molar-refractivity contribution is 5.85. The maximum absolute atomic E-state index is 6.59. The van der Waals surface area contributed by atoms with Gasteiger partial charge < -0.3 is 4.74 Å². The van der Waals surface area contributed by atoms with Crippen LogP contribution < -0.4 is 4.74 Å². The van der Waals surface area contributed by atoms with Gasteiger partial charge >= 0.3 is 0 Å². The summed E-state index contributed by atoms with van der Waals surface area (Å²) >= 11 is 0. The fourth-order valence-electron chi connectivity index (χ4n) is 3.54. The standard InChI is InChI=1S/C27H24O/c1-2-3-4-13-20-27(23-16-9-6-10-17-23)21-25(22-14-7-5-8-15-22)24-18-11-12-19-26(24)28-27/h5-12,14-19,21H,2-4H2,1H3. The molecule has 0 radical (unpaired) electrons. The van der Waals surface area contributed by atoms with Crippen LogP contribution in [-0.4, -0.2) is 0 Å². The minimum Gasteiger partial charge on any atom is -0.466 e. The Balaban J connectivity index is 1.91.